The van der Waals surface area contributed by atoms with Crippen molar-refractivity contribution in [2.24, 2.45) is 0 Å². The third kappa shape index (κ3) is 22.8. The van der Waals surface area contributed by atoms with Gasteiger partial charge in [0.1, 0.15) is 6.10 Å². The average Bonchev–Trinajstić information content (AvgIpc) is 1.75. The Labute approximate surface area is 800 Å². The zero-order valence-electron chi connectivity index (χ0n) is 82.2. The number of halogens is 12. The Morgan fingerprint density at radius 1 is 0.277 bits per heavy atom. The molecule has 10 aromatic rings. The molecule has 0 amide bonds. The van der Waals surface area contributed by atoms with Crippen LogP contribution in [0.5, 0.6) is 0 Å². The van der Waals surface area contributed by atoms with Crippen molar-refractivity contribution in [2.45, 2.75) is 350 Å². The molecule has 5 aliphatic rings. The molecule has 7 unspecified atom stereocenters. The van der Waals surface area contributed by atoms with E-state index in [2.05, 4.69) is 120 Å². The molecule has 5 aliphatic carbocycles. The number of rotatable bonds is 25. The molecule has 742 valence electrons. The predicted octanol–water partition coefficient (Wildman–Crippen LogP) is 31.3. The molecule has 5 saturated carbocycles. The number of ether oxygens (including phenoxy) is 5. The Balaban J connectivity index is 0.000000165. The van der Waals surface area contributed by atoms with Gasteiger partial charge in [-0.05, 0) is 297 Å². The molecule has 0 heterocycles. The van der Waals surface area contributed by atoms with E-state index in [1.54, 1.807) is 18.2 Å². The third-order valence-electron chi connectivity index (χ3n) is 29.6. The van der Waals surface area contributed by atoms with Gasteiger partial charge >= 0.3 is 24.7 Å². The van der Waals surface area contributed by atoms with Gasteiger partial charge in [0.15, 0.2) is 11.2 Å². The summed E-state index contributed by atoms with van der Waals surface area (Å²) in [5, 5.41) is 61.4. The van der Waals surface area contributed by atoms with E-state index in [1.807, 2.05) is 153 Å². The predicted molar refractivity (Wildman–Crippen MR) is 530 cm³/mol. The SMILES string of the molecule is C=C(C)c1c(C2(OC(C)C(C)(O)C(F)(F)F)CCCC2)ccc2ccccc12.C=C(C)c1ccc(C2(OC(C)C(C)(O)C(F)(F)F)CCCC2)c2ccccc12.C=C(C)c1cccc2cc(C3(OC(C)C(O)(C(F)(F)F)C(F)(F)F)CCCC3)ccc12.C=C(C)c1cccc2ccc(C3(OC(C)C(C)(C)O)CCCC3)cc12.C=C(C)c1cccc2cccc(C3(OC(C)C(C)(C)O)CCCC3)c12. The maximum absolute atomic E-state index is 13.4. The number of alkyl halides is 12. The minimum Gasteiger partial charge on any atom is -0.388 e. The summed E-state index contributed by atoms with van der Waals surface area (Å²) in [5.74, 6) is 0. The molecule has 0 bridgehead atoms. The lowest BCUT2D eigenvalue weighted by atomic mass is 9.82. The van der Waals surface area contributed by atoms with Crippen LogP contribution in [-0.4, -0.2) is 109 Å². The summed E-state index contributed by atoms with van der Waals surface area (Å²) in [6, 6.07) is 60.2. The number of allylic oxidation sites excluding steroid dienone is 5. The second-order valence-corrected chi connectivity index (χ2v) is 40.7. The van der Waals surface area contributed by atoms with Crippen LogP contribution in [0.4, 0.5) is 52.7 Å². The van der Waals surface area contributed by atoms with Gasteiger partial charge in [0.05, 0.1) is 63.6 Å². The molecule has 0 radical (unpaired) electrons. The fourth-order valence-corrected chi connectivity index (χ4v) is 20.5. The molecular weight excluding hydrogens is 1770 g/mol. The molecule has 7 atom stereocenters. The number of fused-ring (bicyclic) bond motifs is 5. The monoisotopic (exact) mass is 1910 g/mol. The second-order valence-electron chi connectivity index (χ2n) is 40.7. The smallest absolute Gasteiger partial charge is 0.388 e. The van der Waals surface area contributed by atoms with Crippen LogP contribution in [0.1, 0.15) is 295 Å². The fraction of sp³-hybridized carbons (Fsp3) is 0.478. The van der Waals surface area contributed by atoms with E-state index in [-0.39, 0.29) is 36.3 Å². The van der Waals surface area contributed by atoms with E-state index in [1.165, 1.54) is 70.5 Å². The zero-order valence-corrected chi connectivity index (χ0v) is 82.2. The largest absolute Gasteiger partial charge is 0.428 e. The summed E-state index contributed by atoms with van der Waals surface area (Å²) in [6.45, 7) is 46.2. The lowest BCUT2D eigenvalue weighted by Crippen LogP contribution is -2.65. The molecule has 15 rings (SSSR count). The molecule has 0 aromatic heterocycles. The van der Waals surface area contributed by atoms with Crippen molar-refractivity contribution < 1.29 is 102 Å². The normalized spacial score (nSPS) is 19.1. The second kappa shape index (κ2) is 41.6. The van der Waals surface area contributed by atoms with Gasteiger partial charge in [0, 0.05) is 0 Å². The molecule has 137 heavy (non-hydrogen) atoms. The molecule has 5 fully saturated rings. The summed E-state index contributed by atoms with van der Waals surface area (Å²) < 4.78 is 191. The van der Waals surface area contributed by atoms with Gasteiger partial charge in [0.25, 0.3) is 5.60 Å². The average molecular weight is 1910 g/mol. The summed E-state index contributed by atoms with van der Waals surface area (Å²) in [6.07, 6.45) is -10.9. The molecule has 5 N–H and O–H groups in total. The van der Waals surface area contributed by atoms with Crippen molar-refractivity contribution >= 4 is 81.7 Å². The first-order valence-electron chi connectivity index (χ1n) is 47.9. The van der Waals surface area contributed by atoms with Crippen LogP contribution in [0.25, 0.3) is 81.7 Å². The van der Waals surface area contributed by atoms with Gasteiger partial charge < -0.3 is 49.2 Å². The van der Waals surface area contributed by atoms with Gasteiger partial charge in [-0.15, -0.1) is 0 Å². The van der Waals surface area contributed by atoms with Crippen molar-refractivity contribution in [2.75, 3.05) is 0 Å². The van der Waals surface area contributed by atoms with Crippen molar-refractivity contribution in [1.82, 2.24) is 0 Å². The summed E-state index contributed by atoms with van der Waals surface area (Å²) >= 11 is 0. The van der Waals surface area contributed by atoms with Crippen molar-refractivity contribution in [3.63, 3.8) is 0 Å². The number of hydrogen-bond donors (Lipinski definition) is 5. The van der Waals surface area contributed by atoms with Gasteiger partial charge in [-0.3, -0.25) is 0 Å². The van der Waals surface area contributed by atoms with Crippen LogP contribution in [-0.2, 0) is 51.7 Å². The number of hydrogen-bond acceptors (Lipinski definition) is 10. The highest BCUT2D eigenvalue weighted by molar-refractivity contribution is 5.99. The van der Waals surface area contributed by atoms with Gasteiger partial charge in [-0.1, -0.05) is 295 Å². The minimum absolute atomic E-state index is 0.224. The maximum Gasteiger partial charge on any atom is 0.428 e. The first kappa shape index (κ1) is 108. The van der Waals surface area contributed by atoms with Crippen LogP contribution in [0.3, 0.4) is 0 Å². The third-order valence-corrected chi connectivity index (χ3v) is 29.6. The molecule has 0 aliphatic heterocycles. The molecule has 0 spiro atoms. The maximum atomic E-state index is 13.4. The number of aliphatic hydroxyl groups is 5. The number of benzene rings is 10. The van der Waals surface area contributed by atoms with Crippen LogP contribution >= 0.6 is 0 Å². The van der Waals surface area contributed by atoms with E-state index in [0.29, 0.717) is 51.0 Å². The van der Waals surface area contributed by atoms with Crippen LogP contribution in [0.15, 0.2) is 215 Å². The van der Waals surface area contributed by atoms with Crippen LogP contribution in [0, 0.1) is 0 Å². The highest BCUT2D eigenvalue weighted by atomic mass is 19.4. The first-order valence-corrected chi connectivity index (χ1v) is 47.9. The van der Waals surface area contributed by atoms with E-state index < -0.39 is 87.8 Å². The zero-order chi connectivity index (χ0) is 101. The van der Waals surface area contributed by atoms with Crippen LogP contribution < -0.4 is 0 Å². The minimum atomic E-state index is -5.94. The fourth-order valence-electron chi connectivity index (χ4n) is 20.5. The van der Waals surface area contributed by atoms with E-state index >= 15 is 0 Å². The summed E-state index contributed by atoms with van der Waals surface area (Å²) in [5.41, 5.74) is -1.52. The standard InChI is InChI=1S/C23H24F6O2.2C23H27F3O2.2C23H30O2/c1-14(2)18-8-6-7-16-13-17(9-10-19(16)18)20(11-4-5-12-20)31-15(3)21(30,22(24,25)26)23(27,28)29;1-15(2)17-11-12-20(19-10-6-5-9-18(17)19)22(13-7-8-14-22)28-16(3)21(4,27)23(24,25)26;1-15(2)20-18-10-6-5-9-17(18)11-12-19(20)22(13-7-8-14-22)28-16(3)21(4,27)23(24,25)26;1-16(2)19-12-8-10-18-11-9-13-20(21(18)19)23(14-6-7-15-23)25-17(3)22(4,5)24;1-16(2)20-10-8-9-18-11-12-19(15-21(18)20)23(13-6-7-14-23)25-17(3)22(4,5)24/h6-10,13,15,30H,1,4-5,11-12H2,2-3H3;2*5-6,9-12,16,27H,1,7-8,13-14H2,2-4H3;8-13,17,24H,1,6-7,14-15H2,2-5H3;8-12,15,17,24H,1,6-7,13-14H2,2-5H3. The molecule has 22 heteroatoms. The summed E-state index contributed by atoms with van der Waals surface area (Å²) in [7, 11) is 0. The van der Waals surface area contributed by atoms with E-state index in [4.69, 9.17) is 23.7 Å². The quantitative estimate of drug-likeness (QED) is 0.0350. The first-order chi connectivity index (χ1) is 63.7. The topological polar surface area (TPSA) is 147 Å². The highest BCUT2D eigenvalue weighted by Gasteiger charge is 2.74. The van der Waals surface area contributed by atoms with Crippen molar-refractivity contribution in [3.05, 3.63) is 271 Å². The summed E-state index contributed by atoms with van der Waals surface area (Å²) in [4.78, 5) is 0. The Bertz CT molecular complexity index is 5940. The van der Waals surface area contributed by atoms with Gasteiger partial charge in [-0.25, -0.2) is 0 Å². The Hall–Kier alpha value is -9.04. The van der Waals surface area contributed by atoms with E-state index in [9.17, 15) is 78.2 Å². The highest BCUT2D eigenvalue weighted by Crippen LogP contribution is 2.56. The molecule has 10 nitrogen and oxygen atoms in total. The van der Waals surface area contributed by atoms with E-state index in [0.717, 1.165) is 166 Å². The Morgan fingerprint density at radius 2 is 0.599 bits per heavy atom. The van der Waals surface area contributed by atoms with Gasteiger partial charge in [0.2, 0.25) is 0 Å². The molecular formula is C115H138F12O10. The van der Waals surface area contributed by atoms with Crippen molar-refractivity contribution in [3.8, 4) is 0 Å². The lowest BCUT2D eigenvalue weighted by Gasteiger charge is -2.42. The van der Waals surface area contributed by atoms with Gasteiger partial charge in [-0.2, -0.15) is 52.7 Å². The molecule has 0 saturated heterocycles. The van der Waals surface area contributed by atoms with Crippen molar-refractivity contribution in [1.29, 1.82) is 0 Å². The van der Waals surface area contributed by atoms with Crippen LogP contribution in [0.2, 0.25) is 0 Å². The lowest BCUT2D eigenvalue weighted by molar-refractivity contribution is -0.399. The Morgan fingerprint density at radius 3 is 1.04 bits per heavy atom. The molecule has 10 aromatic carbocycles. The Kier molecular flexibility index (Phi) is 32.9.